The predicted octanol–water partition coefficient (Wildman–Crippen LogP) is 4.32. The quantitative estimate of drug-likeness (QED) is 0.717. The Bertz CT molecular complexity index is 503. The van der Waals surface area contributed by atoms with Crippen molar-refractivity contribution in [2.75, 3.05) is 0 Å². The van der Waals surface area contributed by atoms with E-state index in [4.69, 9.17) is 11.6 Å². The van der Waals surface area contributed by atoms with Gasteiger partial charge in [-0.3, -0.25) is 0 Å². The van der Waals surface area contributed by atoms with Gasteiger partial charge in [0, 0.05) is 20.7 Å². The SMILES string of the molecule is Clc1nccc(-c2cc(Br)ccc2Br)n1. The highest BCUT2D eigenvalue weighted by molar-refractivity contribution is 9.11. The van der Waals surface area contributed by atoms with Crippen molar-refractivity contribution >= 4 is 43.5 Å². The van der Waals surface area contributed by atoms with Gasteiger partial charge in [-0.15, -0.1) is 0 Å². The number of rotatable bonds is 1. The maximum atomic E-state index is 5.74. The van der Waals surface area contributed by atoms with Gasteiger partial charge >= 0.3 is 0 Å². The standard InChI is InChI=1S/C10H5Br2ClN2/c11-6-1-2-8(12)7(5-6)9-3-4-14-10(13)15-9/h1-5H. The molecule has 2 aromatic rings. The molecule has 0 saturated carbocycles. The minimum Gasteiger partial charge on any atom is -0.226 e. The van der Waals surface area contributed by atoms with Crippen LogP contribution in [-0.2, 0) is 0 Å². The van der Waals surface area contributed by atoms with Gasteiger partial charge in [0.1, 0.15) is 0 Å². The van der Waals surface area contributed by atoms with Crippen molar-refractivity contribution in [2.45, 2.75) is 0 Å². The Balaban J connectivity index is 2.58. The largest absolute Gasteiger partial charge is 0.226 e. The summed E-state index contributed by atoms with van der Waals surface area (Å²) in [7, 11) is 0. The van der Waals surface area contributed by atoms with E-state index in [1.807, 2.05) is 24.3 Å². The van der Waals surface area contributed by atoms with Crippen LogP contribution in [0.1, 0.15) is 0 Å². The summed E-state index contributed by atoms with van der Waals surface area (Å²) in [5.74, 6) is 0. The second kappa shape index (κ2) is 4.60. The molecule has 0 unspecified atom stereocenters. The Hall–Kier alpha value is -0.450. The molecule has 0 aliphatic rings. The zero-order chi connectivity index (χ0) is 10.8. The van der Waals surface area contributed by atoms with Crippen LogP contribution in [0.2, 0.25) is 5.28 Å². The lowest BCUT2D eigenvalue weighted by atomic mass is 10.1. The van der Waals surface area contributed by atoms with E-state index in [9.17, 15) is 0 Å². The molecule has 0 N–H and O–H groups in total. The van der Waals surface area contributed by atoms with Gasteiger partial charge in [0.2, 0.25) is 5.28 Å². The molecular formula is C10H5Br2ClN2. The molecule has 1 aromatic heterocycles. The average Bonchev–Trinajstić information content (AvgIpc) is 2.22. The molecule has 2 rings (SSSR count). The minimum atomic E-state index is 0.249. The number of halogens is 3. The zero-order valence-electron chi connectivity index (χ0n) is 7.42. The van der Waals surface area contributed by atoms with Gasteiger partial charge in [0.15, 0.2) is 0 Å². The molecule has 76 valence electrons. The molecule has 0 aliphatic heterocycles. The molecule has 0 fully saturated rings. The van der Waals surface area contributed by atoms with Gasteiger partial charge in [-0.2, -0.15) is 0 Å². The van der Waals surface area contributed by atoms with Crippen LogP contribution in [-0.4, -0.2) is 9.97 Å². The summed E-state index contributed by atoms with van der Waals surface area (Å²) in [6.07, 6.45) is 1.64. The van der Waals surface area contributed by atoms with Crippen molar-refractivity contribution in [1.29, 1.82) is 0 Å². The Morgan fingerprint density at radius 3 is 2.67 bits per heavy atom. The number of nitrogens with zero attached hydrogens (tertiary/aromatic N) is 2. The van der Waals surface area contributed by atoms with Crippen molar-refractivity contribution < 1.29 is 0 Å². The smallest absolute Gasteiger partial charge is 0.222 e. The van der Waals surface area contributed by atoms with Crippen LogP contribution in [0.3, 0.4) is 0 Å². The maximum Gasteiger partial charge on any atom is 0.222 e. The van der Waals surface area contributed by atoms with Crippen molar-refractivity contribution in [3.63, 3.8) is 0 Å². The Morgan fingerprint density at radius 2 is 1.93 bits per heavy atom. The van der Waals surface area contributed by atoms with Gasteiger partial charge in [0.05, 0.1) is 5.69 Å². The third-order valence-corrected chi connectivity index (χ3v) is 3.20. The van der Waals surface area contributed by atoms with Gasteiger partial charge in [0.25, 0.3) is 0 Å². The van der Waals surface area contributed by atoms with E-state index in [0.717, 1.165) is 20.2 Å². The lowest BCUT2D eigenvalue weighted by molar-refractivity contribution is 1.17. The van der Waals surface area contributed by atoms with E-state index >= 15 is 0 Å². The first-order valence-electron chi connectivity index (χ1n) is 4.11. The molecule has 5 heteroatoms. The first-order valence-corrected chi connectivity index (χ1v) is 6.07. The fourth-order valence-corrected chi connectivity index (χ4v) is 2.14. The van der Waals surface area contributed by atoms with E-state index in [-0.39, 0.29) is 5.28 Å². The average molecular weight is 348 g/mol. The van der Waals surface area contributed by atoms with Crippen LogP contribution in [0.5, 0.6) is 0 Å². The summed E-state index contributed by atoms with van der Waals surface area (Å²) in [5, 5.41) is 0.249. The number of hydrogen-bond acceptors (Lipinski definition) is 2. The Labute approximate surface area is 109 Å². The second-order valence-corrected chi connectivity index (χ2v) is 4.94. The Kier molecular flexibility index (Phi) is 3.38. The second-order valence-electron chi connectivity index (χ2n) is 2.84. The zero-order valence-corrected chi connectivity index (χ0v) is 11.3. The maximum absolute atomic E-state index is 5.74. The van der Waals surface area contributed by atoms with E-state index < -0.39 is 0 Å². The van der Waals surface area contributed by atoms with Crippen LogP contribution in [0.15, 0.2) is 39.4 Å². The third kappa shape index (κ3) is 2.56. The normalized spacial score (nSPS) is 10.3. The predicted molar refractivity (Wildman–Crippen MR) is 67.9 cm³/mol. The molecule has 15 heavy (non-hydrogen) atoms. The van der Waals surface area contributed by atoms with E-state index in [1.54, 1.807) is 6.20 Å². The molecular weight excluding hydrogens is 343 g/mol. The molecule has 0 atom stereocenters. The van der Waals surface area contributed by atoms with Crippen molar-refractivity contribution in [1.82, 2.24) is 9.97 Å². The lowest BCUT2D eigenvalue weighted by Gasteiger charge is -2.04. The molecule has 0 bridgehead atoms. The summed E-state index contributed by atoms with van der Waals surface area (Å²) >= 11 is 12.6. The van der Waals surface area contributed by atoms with Crippen LogP contribution in [0.4, 0.5) is 0 Å². The van der Waals surface area contributed by atoms with Crippen molar-refractivity contribution in [3.8, 4) is 11.3 Å². The highest BCUT2D eigenvalue weighted by atomic mass is 79.9. The summed E-state index contributed by atoms with van der Waals surface area (Å²) in [4.78, 5) is 7.99. The fourth-order valence-electron chi connectivity index (χ4n) is 1.18. The Morgan fingerprint density at radius 1 is 1.13 bits per heavy atom. The lowest BCUT2D eigenvalue weighted by Crippen LogP contribution is -1.87. The van der Waals surface area contributed by atoms with Gasteiger partial charge < -0.3 is 0 Å². The number of benzene rings is 1. The first-order chi connectivity index (χ1) is 7.16. The minimum absolute atomic E-state index is 0.249. The molecule has 1 aromatic carbocycles. The van der Waals surface area contributed by atoms with Crippen LogP contribution >= 0.6 is 43.5 Å². The van der Waals surface area contributed by atoms with E-state index in [0.29, 0.717) is 0 Å². The van der Waals surface area contributed by atoms with Crippen molar-refractivity contribution in [2.24, 2.45) is 0 Å². The van der Waals surface area contributed by atoms with Crippen LogP contribution < -0.4 is 0 Å². The van der Waals surface area contributed by atoms with Gasteiger partial charge in [-0.1, -0.05) is 31.9 Å². The summed E-state index contributed by atoms with van der Waals surface area (Å²) in [6, 6.07) is 7.70. The highest BCUT2D eigenvalue weighted by Crippen LogP contribution is 2.29. The van der Waals surface area contributed by atoms with Gasteiger partial charge in [-0.25, -0.2) is 9.97 Å². The monoisotopic (exact) mass is 346 g/mol. The molecule has 0 saturated heterocycles. The molecule has 0 radical (unpaired) electrons. The van der Waals surface area contributed by atoms with E-state index in [1.165, 1.54) is 0 Å². The summed E-state index contributed by atoms with van der Waals surface area (Å²) in [6.45, 7) is 0. The number of aromatic nitrogens is 2. The molecule has 2 nitrogen and oxygen atoms in total. The summed E-state index contributed by atoms with van der Waals surface area (Å²) in [5.41, 5.74) is 1.77. The molecule has 1 heterocycles. The highest BCUT2D eigenvalue weighted by Gasteiger charge is 2.05. The third-order valence-electron chi connectivity index (χ3n) is 1.83. The molecule has 0 amide bonds. The van der Waals surface area contributed by atoms with E-state index in [2.05, 4.69) is 41.8 Å². The molecule has 0 spiro atoms. The van der Waals surface area contributed by atoms with Gasteiger partial charge in [-0.05, 0) is 35.9 Å². The summed E-state index contributed by atoms with van der Waals surface area (Å²) < 4.78 is 1.97. The number of hydrogen-bond donors (Lipinski definition) is 0. The first kappa shape index (κ1) is 11.0. The topological polar surface area (TPSA) is 25.8 Å². The van der Waals surface area contributed by atoms with Crippen LogP contribution in [0, 0.1) is 0 Å². The molecule has 0 aliphatic carbocycles. The van der Waals surface area contributed by atoms with Crippen molar-refractivity contribution in [3.05, 3.63) is 44.7 Å². The van der Waals surface area contributed by atoms with Crippen LogP contribution in [0.25, 0.3) is 11.3 Å². The fraction of sp³-hybridized carbons (Fsp3) is 0.